The zero-order chi connectivity index (χ0) is 35.3. The third-order valence-electron chi connectivity index (χ3n) is 12.7. The largest absolute Gasteiger partial charge is 0.389 e. The number of piperazine rings is 2. The summed E-state index contributed by atoms with van der Waals surface area (Å²) in [5, 5.41) is 56.0. The molecule has 4 bridgehead atoms. The molecule has 8 fully saturated rings. The molecule has 4 unspecified atom stereocenters. The van der Waals surface area contributed by atoms with Crippen LogP contribution >= 0.6 is 43.2 Å². The van der Waals surface area contributed by atoms with Gasteiger partial charge < -0.3 is 40.9 Å². The van der Waals surface area contributed by atoms with Gasteiger partial charge in [0.1, 0.15) is 24.5 Å². The van der Waals surface area contributed by atoms with E-state index in [1.54, 1.807) is 48.5 Å². The smallest absolute Gasteiger partial charge is 0.266 e. The molecule has 12 atom stereocenters. The Labute approximate surface area is 301 Å². The molecule has 262 valence electrons. The van der Waals surface area contributed by atoms with Crippen LogP contribution in [0.5, 0.6) is 0 Å². The Morgan fingerprint density at radius 3 is 1.34 bits per heavy atom. The van der Waals surface area contributed by atoms with Crippen molar-refractivity contribution in [3.05, 3.63) is 59.7 Å². The van der Waals surface area contributed by atoms with Gasteiger partial charge in [0.25, 0.3) is 23.6 Å². The average molecular weight is 757 g/mol. The summed E-state index contributed by atoms with van der Waals surface area (Å²) in [6, 6.07) is 14.3. The van der Waals surface area contributed by atoms with Gasteiger partial charge in [-0.25, -0.2) is 0 Å². The van der Waals surface area contributed by atoms with Gasteiger partial charge in [-0.1, -0.05) is 36.4 Å². The number of carbonyl (C=O) groups is 4. The third kappa shape index (κ3) is 2.65. The lowest BCUT2D eigenvalue weighted by molar-refractivity contribution is -0.172. The van der Waals surface area contributed by atoms with Crippen LogP contribution in [0, 0.1) is 0 Å². The Balaban J connectivity index is 1.33. The number of aliphatic hydroxyl groups excluding tert-OH is 4. The van der Waals surface area contributed by atoms with Crippen LogP contribution in [0.3, 0.4) is 0 Å². The molecule has 0 saturated carbocycles. The van der Waals surface area contributed by atoms with E-state index in [0.717, 1.165) is 43.2 Å². The van der Waals surface area contributed by atoms with Crippen molar-refractivity contribution >= 4 is 78.2 Å². The Morgan fingerprint density at radius 1 is 0.620 bits per heavy atom. The molecular weight excluding hydrogens is 725 g/mol. The molecule has 50 heavy (non-hydrogen) atoms. The Bertz CT molecular complexity index is 1870. The molecule has 10 aliphatic rings. The number of amides is 4. The van der Waals surface area contributed by atoms with Crippen LogP contribution in [0.1, 0.15) is 25.0 Å². The summed E-state index contributed by atoms with van der Waals surface area (Å²) < 4.78 is 0. The predicted molar refractivity (Wildman–Crippen MR) is 187 cm³/mol. The normalized spacial score (nSPS) is 45.5. The SMILES string of the molecule is CC(O)[C@@]12SSC3(C(=O)N1C)[C@@H](O)C1([C@@]45c6ccccc6N[C@@H]4N4C(=O)[C@]6(C(C)O)SS[C@]4(C(=O)N6C)[C@H]5O)c4ccccc4N[C@@H]1N3C2=O. The van der Waals surface area contributed by atoms with Crippen LogP contribution in [0.2, 0.25) is 0 Å². The van der Waals surface area contributed by atoms with Crippen molar-refractivity contribution in [3.63, 3.8) is 0 Å². The molecule has 2 spiro atoms. The summed E-state index contributed by atoms with van der Waals surface area (Å²) in [6.07, 6.45) is -8.45. The summed E-state index contributed by atoms with van der Waals surface area (Å²) >= 11 is 0. The van der Waals surface area contributed by atoms with Crippen LogP contribution in [0.15, 0.2) is 48.5 Å². The molecule has 8 saturated heterocycles. The van der Waals surface area contributed by atoms with E-state index in [-0.39, 0.29) is 0 Å². The van der Waals surface area contributed by atoms with Crippen molar-refractivity contribution in [2.45, 2.75) is 80.9 Å². The van der Waals surface area contributed by atoms with E-state index in [1.807, 2.05) is 0 Å². The van der Waals surface area contributed by atoms with E-state index >= 15 is 0 Å². The van der Waals surface area contributed by atoms with Crippen molar-refractivity contribution in [2.75, 3.05) is 24.7 Å². The Morgan fingerprint density at radius 2 is 0.980 bits per heavy atom. The van der Waals surface area contributed by atoms with Crippen LogP contribution in [0.4, 0.5) is 11.4 Å². The molecule has 10 aliphatic heterocycles. The molecule has 0 aromatic heterocycles. The first-order chi connectivity index (χ1) is 23.7. The monoisotopic (exact) mass is 756 g/mol. The van der Waals surface area contributed by atoms with Crippen LogP contribution in [-0.4, -0.2) is 134 Å². The number of rotatable bonds is 3. The van der Waals surface area contributed by atoms with Gasteiger partial charge in [-0.3, -0.25) is 29.0 Å². The number of nitrogens with one attached hydrogen (secondary N) is 2. The quantitative estimate of drug-likeness (QED) is 0.231. The highest BCUT2D eigenvalue weighted by Crippen LogP contribution is 2.78. The van der Waals surface area contributed by atoms with Crippen molar-refractivity contribution in [2.24, 2.45) is 0 Å². The summed E-state index contributed by atoms with van der Waals surface area (Å²) in [7, 11) is 6.94. The van der Waals surface area contributed by atoms with Gasteiger partial charge in [-0.05, 0) is 80.3 Å². The molecule has 0 aliphatic carbocycles. The molecular formula is C32H32N6O8S4. The lowest BCUT2D eigenvalue weighted by Gasteiger charge is -2.59. The molecule has 12 rings (SSSR count). The molecule has 2 aromatic rings. The van der Waals surface area contributed by atoms with Crippen LogP contribution in [-0.2, 0) is 30.0 Å². The fourth-order valence-corrected chi connectivity index (χ4v) is 18.6. The minimum Gasteiger partial charge on any atom is -0.389 e. The first-order valence-electron chi connectivity index (χ1n) is 16.1. The minimum absolute atomic E-state index is 0.495. The number of likely N-dealkylation sites (N-methyl/N-ethyl adjacent to an activating group) is 2. The first-order valence-corrected chi connectivity index (χ1v) is 20.4. The number of aliphatic hydroxyl groups is 4. The van der Waals surface area contributed by atoms with E-state index < -0.39 is 90.7 Å². The summed E-state index contributed by atoms with van der Waals surface area (Å²) in [5.41, 5.74) is -1.52. The number of fused-ring (bicyclic) bond motifs is 11. The van der Waals surface area contributed by atoms with E-state index in [1.165, 1.54) is 47.5 Å². The molecule has 4 amide bonds. The maximum Gasteiger partial charge on any atom is 0.266 e. The average Bonchev–Trinajstić information content (AvgIpc) is 3.74. The number of nitrogens with zero attached hydrogens (tertiary/aromatic N) is 4. The highest BCUT2D eigenvalue weighted by atomic mass is 33.1. The number of anilines is 2. The third-order valence-corrected chi connectivity index (χ3v) is 20.2. The highest BCUT2D eigenvalue weighted by Gasteiger charge is 2.93. The van der Waals surface area contributed by atoms with Crippen molar-refractivity contribution in [1.82, 2.24) is 19.6 Å². The fraction of sp³-hybridized carbons (Fsp3) is 0.500. The maximum absolute atomic E-state index is 15.0. The zero-order valence-electron chi connectivity index (χ0n) is 26.9. The molecule has 2 aromatic carbocycles. The molecule has 6 N–H and O–H groups in total. The van der Waals surface area contributed by atoms with Crippen LogP contribution in [0.25, 0.3) is 0 Å². The van der Waals surface area contributed by atoms with Gasteiger partial charge in [0, 0.05) is 25.5 Å². The van der Waals surface area contributed by atoms with Crippen molar-refractivity contribution in [3.8, 4) is 0 Å². The summed E-state index contributed by atoms with van der Waals surface area (Å²) in [4.78, 5) is 57.4. The summed E-state index contributed by atoms with van der Waals surface area (Å²) in [6.45, 7) is 2.90. The van der Waals surface area contributed by atoms with Crippen molar-refractivity contribution in [1.29, 1.82) is 0 Å². The second-order valence-corrected chi connectivity index (χ2v) is 19.4. The van der Waals surface area contributed by atoms with Gasteiger partial charge in [0.15, 0.2) is 0 Å². The van der Waals surface area contributed by atoms with E-state index in [0.29, 0.717) is 22.5 Å². The molecule has 18 heteroatoms. The van der Waals surface area contributed by atoms with Gasteiger partial charge in [0.2, 0.25) is 19.5 Å². The van der Waals surface area contributed by atoms with E-state index in [2.05, 4.69) is 10.6 Å². The second-order valence-electron chi connectivity index (χ2n) is 14.3. The number of benzene rings is 2. The first kappa shape index (κ1) is 31.9. The minimum atomic E-state index is -1.93. The Kier molecular flexibility index (Phi) is 5.86. The zero-order valence-corrected chi connectivity index (χ0v) is 30.2. The molecule has 10 heterocycles. The van der Waals surface area contributed by atoms with E-state index in [4.69, 9.17) is 0 Å². The molecule has 0 radical (unpaired) electrons. The fourth-order valence-electron chi connectivity index (χ4n) is 10.6. The van der Waals surface area contributed by atoms with Gasteiger partial charge >= 0.3 is 0 Å². The van der Waals surface area contributed by atoms with E-state index in [9.17, 15) is 39.6 Å². The Hall–Kier alpha value is -2.84. The summed E-state index contributed by atoms with van der Waals surface area (Å²) in [5.74, 6) is -2.37. The highest BCUT2D eigenvalue weighted by molar-refractivity contribution is 8.78. The topological polar surface area (TPSA) is 186 Å². The second kappa shape index (κ2) is 9.20. The van der Waals surface area contributed by atoms with Gasteiger partial charge in [0.05, 0.1) is 23.0 Å². The van der Waals surface area contributed by atoms with Gasteiger partial charge in [-0.2, -0.15) is 0 Å². The standard InChI is InChI=1S/C32H32N6O8S4/c1-13(39)29-25(45)37-21-27(15-9-5-7-11-17(15)33-21,19(41)31(37,49-47-29)23(43)35(29)3)28-16-10-6-8-12-18(16)34-22(28)38-26(46)30(14(2)40)36(4)24(44)32(38,20(28)42)50-48-30/h5-14,19-22,33-34,39-42H,1-4H3/t13?,14?,19-,20-,21+,22+,27+,28?,29-,30-,31-,32?/m0/s1. The lowest BCUT2D eigenvalue weighted by Crippen LogP contribution is -2.80. The number of carbonyl (C=O) groups excluding carboxylic acids is 4. The predicted octanol–water partition coefficient (Wildman–Crippen LogP) is 0.0526. The number of hydrogen-bond donors (Lipinski definition) is 6. The molecule has 14 nitrogen and oxygen atoms in total. The number of hydrogen-bond acceptors (Lipinski definition) is 14. The number of para-hydroxylation sites is 2. The van der Waals surface area contributed by atoms with Gasteiger partial charge in [-0.15, -0.1) is 0 Å². The van der Waals surface area contributed by atoms with Crippen molar-refractivity contribution < 1.29 is 39.6 Å². The maximum atomic E-state index is 15.0. The lowest BCUT2D eigenvalue weighted by atomic mass is 9.52. The van der Waals surface area contributed by atoms with Crippen LogP contribution < -0.4 is 10.6 Å².